The summed E-state index contributed by atoms with van der Waals surface area (Å²) in [6.07, 6.45) is 2.43. The number of rotatable bonds is 5. The first kappa shape index (κ1) is 18.6. The second kappa shape index (κ2) is 8.07. The number of nitrogens with zero attached hydrogens (tertiary/aromatic N) is 4. The minimum Gasteiger partial charge on any atom is -0.493 e. The van der Waals surface area contributed by atoms with Gasteiger partial charge in [0.25, 0.3) is 0 Å². The molecule has 0 radical (unpaired) electrons. The number of anilines is 3. The maximum atomic E-state index is 9.28. The van der Waals surface area contributed by atoms with Crippen molar-refractivity contribution in [3.8, 4) is 17.6 Å². The maximum Gasteiger partial charge on any atom is 0.161 e. The number of hydrogen-bond donors (Lipinski definition) is 1. The second-order valence-electron chi connectivity index (χ2n) is 6.69. The first-order valence-corrected chi connectivity index (χ1v) is 9.28. The molecule has 146 valence electrons. The number of benzene rings is 2. The summed E-state index contributed by atoms with van der Waals surface area (Å²) in [5, 5.41) is 12.5. The molecule has 0 spiro atoms. The summed E-state index contributed by atoms with van der Waals surface area (Å²) in [5.41, 5.74) is 3.74. The molecule has 0 aliphatic carbocycles. The van der Waals surface area contributed by atoms with Gasteiger partial charge < -0.3 is 19.7 Å². The number of fused-ring (bicyclic) bond motifs is 1. The van der Waals surface area contributed by atoms with Crippen LogP contribution in [-0.4, -0.2) is 30.7 Å². The van der Waals surface area contributed by atoms with Gasteiger partial charge in [-0.25, -0.2) is 9.97 Å². The molecule has 0 saturated carbocycles. The quantitative estimate of drug-likeness (QED) is 0.715. The molecule has 0 bridgehead atoms. The highest BCUT2D eigenvalue weighted by Gasteiger charge is 2.21. The lowest BCUT2D eigenvalue weighted by Crippen LogP contribution is -2.31. The van der Waals surface area contributed by atoms with Gasteiger partial charge in [-0.3, -0.25) is 0 Å². The van der Waals surface area contributed by atoms with E-state index in [2.05, 4.69) is 32.3 Å². The van der Waals surface area contributed by atoms with E-state index in [1.54, 1.807) is 20.3 Å². The van der Waals surface area contributed by atoms with Gasteiger partial charge in [-0.05, 0) is 41.8 Å². The summed E-state index contributed by atoms with van der Waals surface area (Å²) >= 11 is 0. The van der Waals surface area contributed by atoms with E-state index in [4.69, 9.17) is 9.47 Å². The number of nitrogens with one attached hydrogen (secondary N) is 1. The Kier molecular flexibility index (Phi) is 5.16. The molecule has 0 saturated heterocycles. The molecule has 2 aromatic carbocycles. The van der Waals surface area contributed by atoms with Gasteiger partial charge in [0.15, 0.2) is 11.5 Å². The topological polar surface area (TPSA) is 83.3 Å². The van der Waals surface area contributed by atoms with Crippen LogP contribution in [0.25, 0.3) is 0 Å². The summed E-state index contributed by atoms with van der Waals surface area (Å²) in [4.78, 5) is 11.0. The van der Waals surface area contributed by atoms with Crippen molar-refractivity contribution in [1.29, 1.82) is 5.26 Å². The van der Waals surface area contributed by atoms with Gasteiger partial charge in [-0.1, -0.05) is 12.1 Å². The van der Waals surface area contributed by atoms with Gasteiger partial charge in [0.2, 0.25) is 0 Å². The number of nitriles is 1. The maximum absolute atomic E-state index is 9.28. The molecule has 1 N–H and O–H groups in total. The molecule has 4 rings (SSSR count). The SMILES string of the molecule is COc1cc2c(cc1OC)CN(c1cc(Nc3ccccc3C#N)ncn1)CC2. The van der Waals surface area contributed by atoms with Crippen LogP contribution in [0.15, 0.2) is 48.8 Å². The Morgan fingerprint density at radius 3 is 2.55 bits per heavy atom. The molecule has 29 heavy (non-hydrogen) atoms. The number of ether oxygens (including phenoxy) is 2. The highest BCUT2D eigenvalue weighted by atomic mass is 16.5. The fourth-order valence-corrected chi connectivity index (χ4v) is 3.49. The van der Waals surface area contributed by atoms with Crippen LogP contribution >= 0.6 is 0 Å². The van der Waals surface area contributed by atoms with Crippen LogP contribution < -0.4 is 19.7 Å². The van der Waals surface area contributed by atoms with Crippen molar-refractivity contribution in [1.82, 2.24) is 9.97 Å². The number of aromatic nitrogens is 2. The van der Waals surface area contributed by atoms with Crippen molar-refractivity contribution in [2.75, 3.05) is 31.0 Å². The molecule has 7 heteroatoms. The Morgan fingerprint density at radius 1 is 1.03 bits per heavy atom. The average Bonchev–Trinajstić information content (AvgIpc) is 2.78. The third-order valence-electron chi connectivity index (χ3n) is 5.00. The molecule has 0 amide bonds. The van der Waals surface area contributed by atoms with E-state index in [1.165, 1.54) is 17.5 Å². The van der Waals surface area contributed by atoms with Crippen LogP contribution in [0.1, 0.15) is 16.7 Å². The van der Waals surface area contributed by atoms with Gasteiger partial charge in [0, 0.05) is 19.2 Å². The van der Waals surface area contributed by atoms with Gasteiger partial charge in [-0.2, -0.15) is 5.26 Å². The van der Waals surface area contributed by atoms with Gasteiger partial charge in [-0.15, -0.1) is 0 Å². The molecular weight excluding hydrogens is 366 g/mol. The largest absolute Gasteiger partial charge is 0.493 e. The molecular formula is C22H21N5O2. The van der Waals surface area contributed by atoms with Crippen LogP contribution in [0.5, 0.6) is 11.5 Å². The zero-order valence-electron chi connectivity index (χ0n) is 16.3. The Balaban J connectivity index is 1.57. The van der Waals surface area contributed by atoms with Crippen molar-refractivity contribution in [2.45, 2.75) is 13.0 Å². The Hall–Kier alpha value is -3.79. The van der Waals surface area contributed by atoms with E-state index >= 15 is 0 Å². The molecule has 1 aliphatic heterocycles. The first-order valence-electron chi connectivity index (χ1n) is 9.28. The van der Waals surface area contributed by atoms with E-state index in [9.17, 15) is 5.26 Å². The Labute approximate surface area is 169 Å². The van der Waals surface area contributed by atoms with Crippen LogP contribution in [-0.2, 0) is 13.0 Å². The van der Waals surface area contributed by atoms with Gasteiger partial charge in [0.05, 0.1) is 25.5 Å². The van der Waals surface area contributed by atoms with Gasteiger partial charge >= 0.3 is 0 Å². The summed E-state index contributed by atoms with van der Waals surface area (Å²) in [7, 11) is 3.30. The minimum atomic E-state index is 0.570. The van der Waals surface area contributed by atoms with E-state index in [0.29, 0.717) is 11.4 Å². The highest BCUT2D eigenvalue weighted by Crippen LogP contribution is 2.34. The van der Waals surface area contributed by atoms with Crippen LogP contribution in [0.3, 0.4) is 0 Å². The van der Waals surface area contributed by atoms with Gasteiger partial charge in [0.1, 0.15) is 24.0 Å². The predicted molar refractivity (Wildman–Crippen MR) is 111 cm³/mol. The second-order valence-corrected chi connectivity index (χ2v) is 6.69. The standard InChI is InChI=1S/C22H21N5O2/c1-28-19-9-15-7-8-27(13-17(15)10-20(19)29-2)22-11-21(24-14-25-22)26-18-6-4-3-5-16(18)12-23/h3-6,9-11,14H,7-8,13H2,1-2H3,(H,24,25,26). The lowest BCUT2D eigenvalue weighted by molar-refractivity contribution is 0.353. The molecule has 0 atom stereocenters. The van der Waals surface area contributed by atoms with Crippen molar-refractivity contribution < 1.29 is 9.47 Å². The molecule has 3 aromatic rings. The monoisotopic (exact) mass is 387 g/mol. The Morgan fingerprint density at radius 2 is 1.79 bits per heavy atom. The number of hydrogen-bond acceptors (Lipinski definition) is 7. The lowest BCUT2D eigenvalue weighted by atomic mass is 9.99. The molecule has 1 aliphatic rings. The zero-order valence-corrected chi connectivity index (χ0v) is 16.3. The fourth-order valence-electron chi connectivity index (χ4n) is 3.49. The summed E-state index contributed by atoms with van der Waals surface area (Å²) in [6.45, 7) is 1.56. The van der Waals surface area contributed by atoms with Crippen LogP contribution in [0, 0.1) is 11.3 Å². The molecule has 0 fully saturated rings. The van der Waals surface area contributed by atoms with Crippen molar-refractivity contribution in [2.24, 2.45) is 0 Å². The summed E-state index contributed by atoms with van der Waals surface area (Å²) in [5.74, 6) is 2.96. The third-order valence-corrected chi connectivity index (χ3v) is 5.00. The van der Waals surface area contributed by atoms with Crippen LogP contribution in [0.2, 0.25) is 0 Å². The molecule has 2 heterocycles. The molecule has 0 unspecified atom stereocenters. The van der Waals surface area contributed by atoms with E-state index in [-0.39, 0.29) is 0 Å². The van der Waals surface area contributed by atoms with E-state index < -0.39 is 0 Å². The summed E-state index contributed by atoms with van der Waals surface area (Å²) in [6, 6.07) is 15.5. The van der Waals surface area contributed by atoms with Crippen molar-refractivity contribution in [3.05, 3.63) is 65.5 Å². The highest BCUT2D eigenvalue weighted by molar-refractivity contribution is 5.66. The van der Waals surface area contributed by atoms with Crippen molar-refractivity contribution >= 4 is 17.3 Å². The number of methoxy groups -OCH3 is 2. The third kappa shape index (κ3) is 3.78. The minimum absolute atomic E-state index is 0.570. The smallest absolute Gasteiger partial charge is 0.161 e. The summed E-state index contributed by atoms with van der Waals surface area (Å²) < 4.78 is 10.9. The normalized spacial score (nSPS) is 12.7. The molecule has 7 nitrogen and oxygen atoms in total. The average molecular weight is 387 g/mol. The number of para-hydroxylation sites is 1. The fraction of sp³-hybridized carbons (Fsp3) is 0.227. The van der Waals surface area contributed by atoms with E-state index in [1.807, 2.05) is 30.3 Å². The Bertz CT molecular complexity index is 1080. The predicted octanol–water partition coefficient (Wildman–Crippen LogP) is 3.67. The lowest BCUT2D eigenvalue weighted by Gasteiger charge is -2.30. The first-order chi connectivity index (χ1) is 14.2. The molecule has 1 aromatic heterocycles. The van der Waals surface area contributed by atoms with E-state index in [0.717, 1.165) is 42.5 Å². The van der Waals surface area contributed by atoms with Crippen LogP contribution in [0.4, 0.5) is 17.3 Å². The zero-order chi connectivity index (χ0) is 20.2. The van der Waals surface area contributed by atoms with Crippen molar-refractivity contribution in [3.63, 3.8) is 0 Å².